The second-order valence-corrected chi connectivity index (χ2v) is 8.95. The van der Waals surface area contributed by atoms with Crippen LogP contribution in [0.5, 0.6) is 0 Å². The Morgan fingerprint density at radius 3 is 2.81 bits per heavy atom. The highest BCUT2D eigenvalue weighted by molar-refractivity contribution is 7.91. The third-order valence-electron chi connectivity index (χ3n) is 4.65. The summed E-state index contributed by atoms with van der Waals surface area (Å²) >= 11 is 0. The molecule has 0 saturated carbocycles. The molecule has 0 aliphatic carbocycles. The maximum absolute atomic E-state index is 12.9. The standard InChI is InChI=1S/C18H18N4O4S/c1-11-8-16(22(21-11)12-6-7-27(25,26)10-12)20-18(24)14-9-17(23)19-15-5-3-2-4-13(14)15/h2-5,8-9,12H,6-7,10H2,1H3,(H,19,23)(H,20,24). The van der Waals surface area contributed by atoms with E-state index in [9.17, 15) is 18.0 Å². The predicted molar refractivity (Wildman–Crippen MR) is 102 cm³/mol. The number of aromatic nitrogens is 3. The Hall–Kier alpha value is -2.94. The van der Waals surface area contributed by atoms with E-state index in [1.54, 1.807) is 41.9 Å². The van der Waals surface area contributed by atoms with Gasteiger partial charge in [-0.1, -0.05) is 18.2 Å². The van der Waals surface area contributed by atoms with Crippen LogP contribution in [0.3, 0.4) is 0 Å². The first-order valence-electron chi connectivity index (χ1n) is 8.52. The Morgan fingerprint density at radius 2 is 2.07 bits per heavy atom. The number of rotatable bonds is 3. The summed E-state index contributed by atoms with van der Waals surface area (Å²) in [5.74, 6) is 0.0939. The average Bonchev–Trinajstić information content (AvgIpc) is 3.15. The first-order valence-corrected chi connectivity index (χ1v) is 10.3. The van der Waals surface area contributed by atoms with Gasteiger partial charge < -0.3 is 10.3 Å². The molecule has 27 heavy (non-hydrogen) atoms. The van der Waals surface area contributed by atoms with Crippen molar-refractivity contribution in [3.63, 3.8) is 0 Å². The second-order valence-electron chi connectivity index (χ2n) is 6.72. The van der Waals surface area contributed by atoms with Crippen molar-refractivity contribution < 1.29 is 13.2 Å². The number of hydrogen-bond donors (Lipinski definition) is 2. The van der Waals surface area contributed by atoms with Gasteiger partial charge in [-0.3, -0.25) is 9.59 Å². The summed E-state index contributed by atoms with van der Waals surface area (Å²) in [6.45, 7) is 1.78. The lowest BCUT2D eigenvalue weighted by Crippen LogP contribution is -2.21. The van der Waals surface area contributed by atoms with Crippen LogP contribution in [0, 0.1) is 6.92 Å². The normalized spacial score (nSPS) is 18.6. The third kappa shape index (κ3) is 3.37. The van der Waals surface area contributed by atoms with Crippen LogP contribution in [-0.2, 0) is 9.84 Å². The SMILES string of the molecule is Cc1cc(NC(=O)c2cc(=O)[nH]c3ccccc23)n(C2CCS(=O)(=O)C2)n1. The molecule has 2 N–H and O–H groups in total. The van der Waals surface area contributed by atoms with E-state index in [0.717, 1.165) is 0 Å². The quantitative estimate of drug-likeness (QED) is 0.710. The summed E-state index contributed by atoms with van der Waals surface area (Å²) < 4.78 is 25.1. The lowest BCUT2D eigenvalue weighted by atomic mass is 10.1. The summed E-state index contributed by atoms with van der Waals surface area (Å²) in [6, 6.07) is 9.68. The molecule has 3 heterocycles. The molecule has 2 aromatic heterocycles. The third-order valence-corrected chi connectivity index (χ3v) is 6.40. The van der Waals surface area contributed by atoms with E-state index in [1.807, 2.05) is 0 Å². The molecule has 8 nitrogen and oxygen atoms in total. The fourth-order valence-electron chi connectivity index (χ4n) is 3.43. The molecule has 1 fully saturated rings. The number of aromatic amines is 1. The van der Waals surface area contributed by atoms with E-state index in [4.69, 9.17) is 0 Å². The number of fused-ring (bicyclic) bond motifs is 1. The van der Waals surface area contributed by atoms with Crippen molar-refractivity contribution in [2.24, 2.45) is 0 Å². The number of anilines is 1. The minimum atomic E-state index is -3.09. The van der Waals surface area contributed by atoms with Crippen LogP contribution in [0.4, 0.5) is 5.82 Å². The number of carbonyl (C=O) groups is 1. The number of aryl methyl sites for hydroxylation is 1. The first-order chi connectivity index (χ1) is 12.8. The minimum Gasteiger partial charge on any atom is -0.322 e. The van der Waals surface area contributed by atoms with E-state index in [1.165, 1.54) is 6.07 Å². The molecule has 0 radical (unpaired) electrons. The number of nitrogens with zero attached hydrogens (tertiary/aromatic N) is 2. The van der Waals surface area contributed by atoms with E-state index in [2.05, 4.69) is 15.4 Å². The number of pyridine rings is 1. The zero-order valence-corrected chi connectivity index (χ0v) is 15.4. The molecule has 3 aromatic rings. The molecule has 1 aliphatic rings. The number of hydrogen-bond acceptors (Lipinski definition) is 5. The molecule has 1 saturated heterocycles. The average molecular weight is 386 g/mol. The number of amides is 1. The predicted octanol–water partition coefficient (Wildman–Crippen LogP) is 1.64. The Morgan fingerprint density at radius 1 is 1.30 bits per heavy atom. The number of carbonyl (C=O) groups excluding carboxylic acids is 1. The van der Waals surface area contributed by atoms with Gasteiger partial charge in [-0.25, -0.2) is 13.1 Å². The van der Waals surface area contributed by atoms with E-state index >= 15 is 0 Å². The maximum atomic E-state index is 12.9. The Bertz CT molecular complexity index is 1210. The van der Waals surface area contributed by atoms with Crippen molar-refractivity contribution in [3.05, 3.63) is 58.0 Å². The highest BCUT2D eigenvalue weighted by Crippen LogP contribution is 2.27. The summed E-state index contributed by atoms with van der Waals surface area (Å²) in [6.07, 6.45) is 0.459. The fraction of sp³-hybridized carbons (Fsp3) is 0.278. The van der Waals surface area contributed by atoms with Gasteiger partial charge in [-0.2, -0.15) is 5.10 Å². The van der Waals surface area contributed by atoms with Gasteiger partial charge in [0.05, 0.1) is 28.8 Å². The van der Waals surface area contributed by atoms with Crippen molar-refractivity contribution in [2.45, 2.75) is 19.4 Å². The fourth-order valence-corrected chi connectivity index (χ4v) is 5.12. The summed E-state index contributed by atoms with van der Waals surface area (Å²) in [7, 11) is -3.09. The molecular formula is C18H18N4O4S. The number of para-hydroxylation sites is 1. The van der Waals surface area contributed by atoms with Crippen LogP contribution in [0.25, 0.3) is 10.9 Å². The zero-order valence-electron chi connectivity index (χ0n) is 14.6. The number of sulfone groups is 1. The van der Waals surface area contributed by atoms with Crippen LogP contribution in [-0.4, -0.2) is 40.6 Å². The van der Waals surface area contributed by atoms with Crippen LogP contribution < -0.4 is 10.9 Å². The van der Waals surface area contributed by atoms with E-state index in [-0.39, 0.29) is 28.7 Å². The number of H-pyrrole nitrogens is 1. The van der Waals surface area contributed by atoms with Gasteiger partial charge >= 0.3 is 0 Å². The van der Waals surface area contributed by atoms with E-state index < -0.39 is 15.7 Å². The summed E-state index contributed by atoms with van der Waals surface area (Å²) in [4.78, 5) is 27.5. The van der Waals surface area contributed by atoms with Crippen molar-refractivity contribution in [1.29, 1.82) is 0 Å². The molecular weight excluding hydrogens is 368 g/mol. The van der Waals surface area contributed by atoms with E-state index in [0.29, 0.717) is 28.8 Å². The molecule has 0 spiro atoms. The minimum absolute atomic E-state index is 0.00489. The first kappa shape index (κ1) is 17.5. The lowest BCUT2D eigenvalue weighted by molar-refractivity contribution is 0.102. The maximum Gasteiger partial charge on any atom is 0.257 e. The van der Waals surface area contributed by atoms with Crippen molar-refractivity contribution >= 4 is 32.5 Å². The highest BCUT2D eigenvalue weighted by atomic mass is 32.2. The van der Waals surface area contributed by atoms with Crippen molar-refractivity contribution in [3.8, 4) is 0 Å². The van der Waals surface area contributed by atoms with Gasteiger partial charge in [-0.15, -0.1) is 0 Å². The molecule has 1 atom stereocenters. The molecule has 1 unspecified atom stereocenters. The summed E-state index contributed by atoms with van der Waals surface area (Å²) in [5, 5.41) is 7.77. The summed E-state index contributed by atoms with van der Waals surface area (Å²) in [5.41, 5.74) is 1.12. The largest absolute Gasteiger partial charge is 0.322 e. The molecule has 4 rings (SSSR count). The monoisotopic (exact) mass is 386 g/mol. The van der Waals surface area contributed by atoms with Gasteiger partial charge in [0, 0.05) is 23.0 Å². The van der Waals surface area contributed by atoms with Gasteiger partial charge in [0.25, 0.3) is 5.91 Å². The molecule has 0 bridgehead atoms. The Balaban J connectivity index is 1.70. The van der Waals surface area contributed by atoms with Crippen LogP contribution in [0.15, 0.2) is 41.2 Å². The molecule has 1 aromatic carbocycles. The number of benzene rings is 1. The molecule has 9 heteroatoms. The molecule has 1 amide bonds. The van der Waals surface area contributed by atoms with Crippen LogP contribution in [0.2, 0.25) is 0 Å². The molecule has 140 valence electrons. The van der Waals surface area contributed by atoms with Gasteiger partial charge in [0.15, 0.2) is 9.84 Å². The van der Waals surface area contributed by atoms with Gasteiger partial charge in [0.1, 0.15) is 5.82 Å². The topological polar surface area (TPSA) is 114 Å². The van der Waals surface area contributed by atoms with Crippen LogP contribution in [0.1, 0.15) is 28.5 Å². The zero-order chi connectivity index (χ0) is 19.2. The lowest BCUT2D eigenvalue weighted by Gasteiger charge is -2.14. The Labute approximate surface area is 155 Å². The Kier molecular flexibility index (Phi) is 4.11. The second kappa shape index (κ2) is 6.34. The van der Waals surface area contributed by atoms with Crippen LogP contribution >= 0.6 is 0 Å². The molecule has 1 aliphatic heterocycles. The van der Waals surface area contributed by atoms with Crippen molar-refractivity contribution in [1.82, 2.24) is 14.8 Å². The highest BCUT2D eigenvalue weighted by Gasteiger charge is 2.31. The van der Waals surface area contributed by atoms with Gasteiger partial charge in [0.2, 0.25) is 5.56 Å². The van der Waals surface area contributed by atoms with Gasteiger partial charge in [-0.05, 0) is 19.4 Å². The number of nitrogens with one attached hydrogen (secondary N) is 2. The smallest absolute Gasteiger partial charge is 0.257 e. The van der Waals surface area contributed by atoms with Crippen molar-refractivity contribution in [2.75, 3.05) is 16.8 Å².